The molecule has 0 atom stereocenters. The Bertz CT molecular complexity index is 796. The number of nitrogens with zero attached hydrogens (tertiary/aromatic N) is 1. The summed E-state index contributed by atoms with van der Waals surface area (Å²) >= 11 is 0. The summed E-state index contributed by atoms with van der Waals surface area (Å²) in [5.41, 5.74) is 2.03. The molecule has 0 aromatic heterocycles. The van der Waals surface area contributed by atoms with Crippen molar-refractivity contribution in [3.63, 3.8) is 0 Å². The molecule has 0 radical (unpaired) electrons. The molecule has 7 heteroatoms. The van der Waals surface area contributed by atoms with Crippen molar-refractivity contribution in [1.82, 2.24) is 0 Å². The summed E-state index contributed by atoms with van der Waals surface area (Å²) < 4.78 is 28.7. The van der Waals surface area contributed by atoms with Crippen molar-refractivity contribution in [2.45, 2.75) is 11.5 Å². The van der Waals surface area contributed by atoms with Crippen molar-refractivity contribution in [2.24, 2.45) is 5.16 Å². The molecule has 0 aliphatic heterocycles. The van der Waals surface area contributed by atoms with E-state index in [1.165, 1.54) is 19.2 Å². The van der Waals surface area contributed by atoms with Crippen molar-refractivity contribution >= 4 is 15.5 Å². The molecule has 0 amide bonds. The third kappa shape index (κ3) is 4.81. The number of hydrogen-bond donors (Lipinski definition) is 1. The van der Waals surface area contributed by atoms with Gasteiger partial charge in [0, 0.05) is 11.8 Å². The van der Waals surface area contributed by atoms with Gasteiger partial charge in [0.1, 0.15) is 25.2 Å². The number of aliphatic hydroxyl groups excluding tert-OH is 1. The van der Waals surface area contributed by atoms with Gasteiger partial charge in [-0.25, -0.2) is 8.42 Å². The molecule has 0 unspecified atom stereocenters. The van der Waals surface area contributed by atoms with Gasteiger partial charge in [0.25, 0.3) is 0 Å². The summed E-state index contributed by atoms with van der Waals surface area (Å²) in [6.07, 6.45) is 1.16. The fourth-order valence-corrected chi connectivity index (χ4v) is 2.64. The van der Waals surface area contributed by atoms with Crippen molar-refractivity contribution in [1.29, 1.82) is 0 Å². The average molecular weight is 349 g/mol. The molecule has 1 N–H and O–H groups in total. The van der Waals surface area contributed by atoms with E-state index in [0.29, 0.717) is 17.0 Å². The second-order valence-electron chi connectivity index (χ2n) is 5.11. The summed E-state index contributed by atoms with van der Waals surface area (Å²) in [5.74, 6) is 0.628. The molecule has 0 aliphatic rings. The molecule has 0 bridgehead atoms. The van der Waals surface area contributed by atoms with Crippen LogP contribution in [0.25, 0.3) is 0 Å². The van der Waals surface area contributed by atoms with Crippen LogP contribution in [0.2, 0.25) is 0 Å². The fraction of sp³-hybridized carbons (Fsp3) is 0.235. The Balaban J connectivity index is 2.13. The number of ether oxygens (including phenoxy) is 1. The van der Waals surface area contributed by atoms with Crippen LogP contribution in [0.15, 0.2) is 58.6 Å². The van der Waals surface area contributed by atoms with E-state index in [0.717, 1.165) is 11.8 Å². The predicted molar refractivity (Wildman–Crippen MR) is 91.0 cm³/mol. The highest BCUT2D eigenvalue weighted by Crippen LogP contribution is 2.15. The Kier molecular flexibility index (Phi) is 5.94. The largest absolute Gasteiger partial charge is 0.487 e. The molecule has 2 rings (SSSR count). The van der Waals surface area contributed by atoms with Crippen molar-refractivity contribution in [2.75, 3.05) is 20.0 Å². The molecule has 6 nitrogen and oxygen atoms in total. The highest BCUT2D eigenvalue weighted by molar-refractivity contribution is 7.90. The lowest BCUT2D eigenvalue weighted by Crippen LogP contribution is -2.14. The standard InChI is InChI=1S/C17H19NO5S/c1-22-18-17(12-23-15-7-3-13(11-19)4-8-15)14-5-9-16(10-6-14)24(2,20)21/h3-10,19H,11-12H2,1-2H3. The van der Waals surface area contributed by atoms with Crippen LogP contribution in [0.3, 0.4) is 0 Å². The third-order valence-corrected chi connectivity index (χ3v) is 4.43. The molecule has 2 aromatic rings. The van der Waals surface area contributed by atoms with Gasteiger partial charge in [0.2, 0.25) is 0 Å². The maximum Gasteiger partial charge on any atom is 0.175 e. The molecule has 0 aliphatic carbocycles. The zero-order valence-electron chi connectivity index (χ0n) is 13.5. The summed E-state index contributed by atoms with van der Waals surface area (Å²) in [7, 11) is -1.81. The first-order valence-electron chi connectivity index (χ1n) is 7.17. The van der Waals surface area contributed by atoms with Crippen LogP contribution < -0.4 is 4.74 Å². The van der Waals surface area contributed by atoms with Gasteiger partial charge in [0.15, 0.2) is 9.84 Å². The van der Waals surface area contributed by atoms with E-state index < -0.39 is 9.84 Å². The second kappa shape index (κ2) is 7.94. The van der Waals surface area contributed by atoms with E-state index in [4.69, 9.17) is 14.7 Å². The molecule has 0 saturated carbocycles. The normalized spacial score (nSPS) is 12.0. The Morgan fingerprint density at radius 1 is 1.08 bits per heavy atom. The zero-order valence-corrected chi connectivity index (χ0v) is 14.3. The summed E-state index contributed by atoms with van der Waals surface area (Å²) in [6, 6.07) is 13.4. The minimum Gasteiger partial charge on any atom is -0.487 e. The fourth-order valence-electron chi connectivity index (χ4n) is 2.01. The first-order valence-corrected chi connectivity index (χ1v) is 9.06. The first kappa shape index (κ1) is 18.0. The molecule has 0 fully saturated rings. The molecular weight excluding hydrogens is 330 g/mol. The maximum absolute atomic E-state index is 11.5. The van der Waals surface area contributed by atoms with Gasteiger partial charge >= 0.3 is 0 Å². The Morgan fingerprint density at radius 2 is 1.71 bits per heavy atom. The summed E-state index contributed by atoms with van der Waals surface area (Å²) in [6.45, 7) is 0.133. The Hall–Kier alpha value is -2.38. The van der Waals surface area contributed by atoms with Gasteiger partial charge < -0.3 is 14.7 Å². The minimum absolute atomic E-state index is 0.0245. The predicted octanol–water partition coefficient (Wildman–Crippen LogP) is 2.01. The topological polar surface area (TPSA) is 85.2 Å². The number of benzene rings is 2. The van der Waals surface area contributed by atoms with Gasteiger partial charge in [-0.2, -0.15) is 0 Å². The van der Waals surface area contributed by atoms with Crippen molar-refractivity contribution in [3.8, 4) is 5.75 Å². The lowest BCUT2D eigenvalue weighted by Gasteiger charge is -2.10. The van der Waals surface area contributed by atoms with Crippen LogP contribution in [-0.4, -0.2) is 39.2 Å². The van der Waals surface area contributed by atoms with E-state index in [-0.39, 0.29) is 18.1 Å². The molecule has 0 saturated heterocycles. The quantitative estimate of drug-likeness (QED) is 0.610. The van der Waals surface area contributed by atoms with Crippen molar-refractivity contribution < 1.29 is 23.1 Å². The van der Waals surface area contributed by atoms with Crippen LogP contribution in [-0.2, 0) is 21.3 Å². The minimum atomic E-state index is -3.24. The molecule has 24 heavy (non-hydrogen) atoms. The highest BCUT2D eigenvalue weighted by Gasteiger charge is 2.10. The molecule has 0 spiro atoms. The third-order valence-electron chi connectivity index (χ3n) is 3.30. The number of sulfone groups is 1. The summed E-state index contributed by atoms with van der Waals surface area (Å²) in [5, 5.41) is 13.0. The van der Waals surface area contributed by atoms with Crippen molar-refractivity contribution in [3.05, 3.63) is 59.7 Å². The SMILES string of the molecule is CON=C(COc1ccc(CO)cc1)c1ccc(S(C)(=O)=O)cc1. The first-order chi connectivity index (χ1) is 11.4. The lowest BCUT2D eigenvalue weighted by atomic mass is 10.1. The van der Waals surface area contributed by atoms with Crippen LogP contribution in [0, 0.1) is 0 Å². The molecule has 2 aromatic carbocycles. The smallest absolute Gasteiger partial charge is 0.175 e. The van der Waals surface area contributed by atoms with Crippen LogP contribution in [0.1, 0.15) is 11.1 Å². The zero-order chi connectivity index (χ0) is 17.6. The monoisotopic (exact) mass is 349 g/mol. The van der Waals surface area contributed by atoms with Gasteiger partial charge in [-0.05, 0) is 29.8 Å². The van der Waals surface area contributed by atoms with Crippen LogP contribution in [0.5, 0.6) is 5.75 Å². The number of aliphatic hydroxyl groups is 1. The number of oxime groups is 1. The van der Waals surface area contributed by atoms with E-state index in [1.54, 1.807) is 36.4 Å². The average Bonchev–Trinajstić information content (AvgIpc) is 2.58. The number of rotatable bonds is 7. The highest BCUT2D eigenvalue weighted by atomic mass is 32.2. The van der Waals surface area contributed by atoms with Gasteiger partial charge in [-0.3, -0.25) is 0 Å². The van der Waals surface area contributed by atoms with Gasteiger partial charge in [-0.1, -0.05) is 29.4 Å². The van der Waals surface area contributed by atoms with Gasteiger partial charge in [-0.15, -0.1) is 0 Å². The molecular formula is C17H19NO5S. The Labute approximate surface area is 141 Å². The maximum atomic E-state index is 11.5. The van der Waals surface area contributed by atoms with E-state index >= 15 is 0 Å². The van der Waals surface area contributed by atoms with Crippen LogP contribution >= 0.6 is 0 Å². The lowest BCUT2D eigenvalue weighted by molar-refractivity contribution is 0.210. The second-order valence-corrected chi connectivity index (χ2v) is 7.12. The van der Waals surface area contributed by atoms with Gasteiger partial charge in [0.05, 0.1) is 11.5 Å². The van der Waals surface area contributed by atoms with E-state index in [1.807, 2.05) is 0 Å². The summed E-state index contributed by atoms with van der Waals surface area (Å²) in [4.78, 5) is 5.08. The number of hydrogen-bond acceptors (Lipinski definition) is 6. The van der Waals surface area contributed by atoms with Crippen LogP contribution in [0.4, 0.5) is 0 Å². The molecule has 128 valence electrons. The molecule has 0 heterocycles. The Morgan fingerprint density at radius 3 is 2.21 bits per heavy atom. The van der Waals surface area contributed by atoms with E-state index in [2.05, 4.69) is 5.16 Å². The van der Waals surface area contributed by atoms with E-state index in [9.17, 15) is 8.42 Å².